The Kier molecular flexibility index (Phi) is 3.54. The maximum Gasteiger partial charge on any atom is 0.178 e. The number of fused-ring (bicyclic) bond motifs is 1. The van der Waals surface area contributed by atoms with E-state index in [9.17, 15) is 13.5 Å². The standard InChI is InChI=1S/C13H18O3S/c1-2-5-12(14)10-8-9-17(15,16)13-7-4-3-6-11(10)13/h3-4,6-7,10,12,14H,2,5,8-9H2,1H3. The third-order valence-electron chi connectivity index (χ3n) is 3.40. The molecule has 1 aliphatic rings. The molecule has 4 heteroatoms. The topological polar surface area (TPSA) is 54.4 Å². The number of rotatable bonds is 3. The van der Waals surface area contributed by atoms with Crippen LogP contribution in [0.25, 0.3) is 0 Å². The molecule has 1 aliphatic heterocycles. The van der Waals surface area contributed by atoms with Crippen molar-refractivity contribution < 1.29 is 13.5 Å². The molecule has 0 fully saturated rings. The van der Waals surface area contributed by atoms with E-state index in [1.165, 1.54) is 0 Å². The van der Waals surface area contributed by atoms with Crippen LogP contribution in [-0.4, -0.2) is 25.4 Å². The number of aliphatic hydroxyl groups is 1. The van der Waals surface area contributed by atoms with Crippen LogP contribution in [0.4, 0.5) is 0 Å². The third-order valence-corrected chi connectivity index (χ3v) is 5.22. The Morgan fingerprint density at radius 1 is 1.41 bits per heavy atom. The molecule has 1 aromatic rings. The quantitative estimate of drug-likeness (QED) is 0.898. The summed E-state index contributed by atoms with van der Waals surface area (Å²) >= 11 is 0. The molecule has 1 aromatic carbocycles. The van der Waals surface area contributed by atoms with Crippen LogP contribution in [0.3, 0.4) is 0 Å². The highest BCUT2D eigenvalue weighted by Crippen LogP contribution is 2.36. The maximum atomic E-state index is 11.9. The monoisotopic (exact) mass is 254 g/mol. The molecule has 0 bridgehead atoms. The second kappa shape index (κ2) is 4.78. The molecule has 0 radical (unpaired) electrons. The predicted molar refractivity (Wildman–Crippen MR) is 66.8 cm³/mol. The van der Waals surface area contributed by atoms with Crippen molar-refractivity contribution >= 4 is 9.84 Å². The summed E-state index contributed by atoms with van der Waals surface area (Å²) in [5.74, 6) is 0.116. The van der Waals surface area contributed by atoms with Gasteiger partial charge in [-0.3, -0.25) is 0 Å². The van der Waals surface area contributed by atoms with E-state index in [4.69, 9.17) is 0 Å². The minimum atomic E-state index is -3.13. The lowest BCUT2D eigenvalue weighted by Gasteiger charge is -2.29. The zero-order valence-electron chi connectivity index (χ0n) is 9.96. The van der Waals surface area contributed by atoms with Crippen molar-refractivity contribution in [2.24, 2.45) is 0 Å². The molecule has 2 unspecified atom stereocenters. The van der Waals surface area contributed by atoms with Crippen LogP contribution in [0.5, 0.6) is 0 Å². The van der Waals surface area contributed by atoms with Crippen LogP contribution < -0.4 is 0 Å². The van der Waals surface area contributed by atoms with Crippen molar-refractivity contribution in [3.63, 3.8) is 0 Å². The number of hydrogen-bond acceptors (Lipinski definition) is 3. The zero-order valence-corrected chi connectivity index (χ0v) is 10.8. The molecule has 0 saturated carbocycles. The molecule has 17 heavy (non-hydrogen) atoms. The first-order valence-electron chi connectivity index (χ1n) is 6.06. The normalized spacial score (nSPS) is 24.0. The molecule has 0 spiro atoms. The lowest BCUT2D eigenvalue weighted by atomic mass is 9.88. The molecule has 3 nitrogen and oxygen atoms in total. The summed E-state index contributed by atoms with van der Waals surface area (Å²) in [6.45, 7) is 2.02. The molecule has 94 valence electrons. The lowest BCUT2D eigenvalue weighted by Crippen LogP contribution is -2.27. The van der Waals surface area contributed by atoms with Gasteiger partial charge in [0.25, 0.3) is 0 Å². The lowest BCUT2D eigenvalue weighted by molar-refractivity contribution is 0.128. The highest BCUT2D eigenvalue weighted by molar-refractivity contribution is 7.91. The average molecular weight is 254 g/mol. The van der Waals surface area contributed by atoms with Crippen molar-refractivity contribution in [3.8, 4) is 0 Å². The van der Waals surface area contributed by atoms with Crippen LogP contribution in [0, 0.1) is 0 Å². The van der Waals surface area contributed by atoms with Crippen LogP contribution in [0.15, 0.2) is 29.2 Å². The number of sulfone groups is 1. The van der Waals surface area contributed by atoms with Gasteiger partial charge in [-0.15, -0.1) is 0 Å². The van der Waals surface area contributed by atoms with Gasteiger partial charge in [0.2, 0.25) is 0 Å². The molecule has 1 N–H and O–H groups in total. The molecular weight excluding hydrogens is 236 g/mol. The number of hydrogen-bond donors (Lipinski definition) is 1. The van der Waals surface area contributed by atoms with E-state index in [0.717, 1.165) is 18.4 Å². The van der Waals surface area contributed by atoms with E-state index in [1.54, 1.807) is 12.1 Å². The minimum absolute atomic E-state index is 0.0327. The summed E-state index contributed by atoms with van der Waals surface area (Å²) in [5.41, 5.74) is 0.791. The van der Waals surface area contributed by atoms with Crippen LogP contribution in [0.1, 0.15) is 37.7 Å². The first-order valence-corrected chi connectivity index (χ1v) is 7.71. The summed E-state index contributed by atoms with van der Waals surface area (Å²) < 4.78 is 23.8. The van der Waals surface area contributed by atoms with E-state index >= 15 is 0 Å². The van der Waals surface area contributed by atoms with Gasteiger partial charge < -0.3 is 5.11 Å². The second-order valence-corrected chi connectivity index (χ2v) is 6.69. The van der Waals surface area contributed by atoms with Gasteiger partial charge in [-0.1, -0.05) is 31.5 Å². The molecule has 0 saturated heterocycles. The Hall–Kier alpha value is -0.870. The molecule has 1 heterocycles. The Balaban J connectivity index is 2.42. The van der Waals surface area contributed by atoms with E-state index in [-0.39, 0.29) is 11.7 Å². The number of aliphatic hydroxyl groups excluding tert-OH is 1. The van der Waals surface area contributed by atoms with Crippen LogP contribution in [-0.2, 0) is 9.84 Å². The Bertz CT molecular complexity index is 493. The van der Waals surface area contributed by atoms with E-state index in [2.05, 4.69) is 0 Å². The van der Waals surface area contributed by atoms with Gasteiger partial charge in [0.15, 0.2) is 9.84 Å². The molecule has 2 rings (SSSR count). The number of benzene rings is 1. The summed E-state index contributed by atoms with van der Waals surface area (Å²) in [4.78, 5) is 0.409. The molecular formula is C13H18O3S. The average Bonchev–Trinajstić information content (AvgIpc) is 2.29. The van der Waals surface area contributed by atoms with Crippen LogP contribution in [0.2, 0.25) is 0 Å². The molecule has 0 amide bonds. The van der Waals surface area contributed by atoms with Crippen molar-refractivity contribution in [3.05, 3.63) is 29.8 Å². The van der Waals surface area contributed by atoms with Gasteiger partial charge >= 0.3 is 0 Å². The van der Waals surface area contributed by atoms with Crippen molar-refractivity contribution in [2.75, 3.05) is 5.75 Å². The van der Waals surface area contributed by atoms with Gasteiger partial charge in [0, 0.05) is 5.92 Å². The summed E-state index contributed by atoms with van der Waals surface area (Å²) in [5, 5.41) is 10.1. The van der Waals surface area contributed by atoms with Gasteiger partial charge in [-0.05, 0) is 24.5 Å². The first kappa shape index (κ1) is 12.6. The van der Waals surface area contributed by atoms with Crippen LogP contribution >= 0.6 is 0 Å². The molecule has 0 aliphatic carbocycles. The van der Waals surface area contributed by atoms with Crippen molar-refractivity contribution in [2.45, 2.75) is 43.1 Å². The largest absolute Gasteiger partial charge is 0.392 e. The maximum absolute atomic E-state index is 11.9. The molecule has 2 atom stereocenters. The van der Waals surface area contributed by atoms with E-state index in [0.29, 0.717) is 11.3 Å². The fourth-order valence-corrected chi connectivity index (χ4v) is 4.16. The first-order chi connectivity index (χ1) is 8.06. The van der Waals surface area contributed by atoms with Gasteiger partial charge in [-0.25, -0.2) is 8.42 Å². The Morgan fingerprint density at radius 3 is 2.82 bits per heavy atom. The summed E-state index contributed by atoms with van der Waals surface area (Å²) in [7, 11) is -3.13. The fourth-order valence-electron chi connectivity index (χ4n) is 2.51. The van der Waals surface area contributed by atoms with E-state index in [1.807, 2.05) is 19.1 Å². The third kappa shape index (κ3) is 2.38. The Morgan fingerprint density at radius 2 is 2.12 bits per heavy atom. The van der Waals surface area contributed by atoms with Crippen molar-refractivity contribution in [1.29, 1.82) is 0 Å². The van der Waals surface area contributed by atoms with Gasteiger partial charge in [0.1, 0.15) is 0 Å². The predicted octanol–water partition coefficient (Wildman–Crippen LogP) is 2.11. The highest BCUT2D eigenvalue weighted by atomic mass is 32.2. The second-order valence-electron chi connectivity index (χ2n) is 4.61. The smallest absolute Gasteiger partial charge is 0.178 e. The summed E-state index contributed by atoms with van der Waals surface area (Å²) in [6, 6.07) is 7.06. The zero-order chi connectivity index (χ0) is 12.5. The Labute approximate surface area is 102 Å². The van der Waals surface area contributed by atoms with Crippen molar-refractivity contribution in [1.82, 2.24) is 0 Å². The fraction of sp³-hybridized carbons (Fsp3) is 0.538. The minimum Gasteiger partial charge on any atom is -0.392 e. The van der Waals surface area contributed by atoms with Gasteiger partial charge in [-0.2, -0.15) is 0 Å². The highest BCUT2D eigenvalue weighted by Gasteiger charge is 2.33. The van der Waals surface area contributed by atoms with E-state index < -0.39 is 15.9 Å². The SMILES string of the molecule is CCCC(O)C1CCS(=O)(=O)c2ccccc21. The summed E-state index contributed by atoms with van der Waals surface area (Å²) in [6.07, 6.45) is 1.73. The molecule has 0 aromatic heterocycles. The van der Waals surface area contributed by atoms with Gasteiger partial charge in [0.05, 0.1) is 16.8 Å².